The van der Waals surface area contributed by atoms with Gasteiger partial charge < -0.3 is 69.0 Å². The molecule has 4 rings (SSSR count). The minimum atomic E-state index is -1.43. The molecule has 18 heteroatoms. The van der Waals surface area contributed by atoms with Crippen LogP contribution in [-0.2, 0) is 60.7 Å². The molecular weight excluding hydrogens is 837 g/mol. The Bertz CT molecular complexity index is 1600. The lowest BCUT2D eigenvalue weighted by Crippen LogP contribution is -2.59. The van der Waals surface area contributed by atoms with Gasteiger partial charge in [-0.3, -0.25) is 9.59 Å². The molecule has 2 aromatic rings. The van der Waals surface area contributed by atoms with E-state index < -0.39 is 79.9 Å². The van der Waals surface area contributed by atoms with Gasteiger partial charge in [0.05, 0.1) is 12.7 Å². The van der Waals surface area contributed by atoms with Crippen molar-refractivity contribution in [2.24, 2.45) is 5.92 Å². The number of nitrogens with one attached hydrogen (secondary N) is 2. The van der Waals surface area contributed by atoms with Crippen molar-refractivity contribution >= 4 is 24.1 Å². The zero-order chi connectivity index (χ0) is 46.7. The van der Waals surface area contributed by atoms with E-state index in [0.717, 1.165) is 56.1 Å². The highest BCUT2D eigenvalue weighted by Crippen LogP contribution is 2.33. The first-order valence-corrected chi connectivity index (χ1v) is 22.3. The predicted molar refractivity (Wildman–Crippen MR) is 231 cm³/mol. The molecule has 64 heavy (non-hydrogen) atoms. The van der Waals surface area contributed by atoms with Crippen LogP contribution in [0, 0.1) is 5.92 Å². The van der Waals surface area contributed by atoms with Crippen LogP contribution in [0.3, 0.4) is 0 Å². The summed E-state index contributed by atoms with van der Waals surface area (Å²) in [5.41, 5.74) is 1.88. The Labute approximate surface area is 376 Å². The van der Waals surface area contributed by atoms with Gasteiger partial charge >= 0.3 is 24.1 Å². The number of hydrogen-bond acceptors (Lipinski definition) is 16. The van der Waals surface area contributed by atoms with Gasteiger partial charge in [0.1, 0.15) is 43.7 Å². The molecule has 0 saturated carbocycles. The van der Waals surface area contributed by atoms with E-state index in [-0.39, 0.29) is 25.2 Å². The zero-order valence-corrected chi connectivity index (χ0v) is 37.5. The number of carbonyl (C=O) groups is 4. The summed E-state index contributed by atoms with van der Waals surface area (Å²) in [7, 11) is 0. The number of carbonyl (C=O) groups excluding carboxylic acids is 4. The second kappa shape index (κ2) is 30.7. The summed E-state index contributed by atoms with van der Waals surface area (Å²) in [4.78, 5) is 46.7. The summed E-state index contributed by atoms with van der Waals surface area (Å²) >= 11 is 0. The number of amides is 2. The average Bonchev–Trinajstić information content (AvgIpc) is 3.29. The van der Waals surface area contributed by atoms with Crippen LogP contribution >= 0.6 is 0 Å². The third-order valence-corrected chi connectivity index (χ3v) is 10.5. The molecule has 0 bridgehead atoms. The van der Waals surface area contributed by atoms with Crippen LogP contribution in [0.2, 0.25) is 0 Å². The highest BCUT2D eigenvalue weighted by molar-refractivity contribution is 5.68. The molecule has 0 radical (unpaired) electrons. The molecule has 10 atom stereocenters. The van der Waals surface area contributed by atoms with Gasteiger partial charge in [0.2, 0.25) is 0 Å². The van der Waals surface area contributed by atoms with Crippen LogP contribution in [0.25, 0.3) is 0 Å². The maximum atomic E-state index is 11.8. The minimum absolute atomic E-state index is 0.139. The van der Waals surface area contributed by atoms with Crippen LogP contribution < -0.4 is 10.6 Å². The first-order chi connectivity index (χ1) is 30.8. The van der Waals surface area contributed by atoms with Crippen molar-refractivity contribution in [1.29, 1.82) is 0 Å². The smallest absolute Gasteiger partial charge is 0.407 e. The number of rotatable bonds is 24. The number of unbranched alkanes of at least 4 members (excludes halogenated alkanes) is 6. The van der Waals surface area contributed by atoms with Crippen LogP contribution in [0.4, 0.5) is 9.59 Å². The number of esters is 2. The van der Waals surface area contributed by atoms with Gasteiger partial charge in [0.15, 0.2) is 18.7 Å². The Hall–Kier alpha value is -4.40. The van der Waals surface area contributed by atoms with E-state index in [9.17, 15) is 34.5 Å². The van der Waals surface area contributed by atoms with Gasteiger partial charge in [0, 0.05) is 46.1 Å². The monoisotopic (exact) mass is 906 g/mol. The molecule has 360 valence electrons. The molecule has 0 aromatic heterocycles. The average molecular weight is 907 g/mol. The summed E-state index contributed by atoms with van der Waals surface area (Å²) in [6.45, 7) is 8.31. The lowest BCUT2D eigenvalue weighted by atomic mass is 9.89. The van der Waals surface area contributed by atoms with E-state index in [1.165, 1.54) is 13.8 Å². The van der Waals surface area contributed by atoms with Crippen LogP contribution in [0.1, 0.15) is 96.6 Å². The molecule has 2 saturated heterocycles. The Morgan fingerprint density at radius 2 is 1.05 bits per heavy atom. The number of benzene rings is 2. The van der Waals surface area contributed by atoms with Gasteiger partial charge in [-0.15, -0.1) is 0 Å². The number of alkyl carbamates (subject to hydrolysis) is 2. The second-order valence-electron chi connectivity index (χ2n) is 15.7. The molecule has 0 aliphatic carbocycles. The summed E-state index contributed by atoms with van der Waals surface area (Å²) in [5.74, 6) is -1.06. The van der Waals surface area contributed by atoms with Crippen molar-refractivity contribution < 1.29 is 77.5 Å². The first kappa shape index (κ1) is 53.9. The molecule has 10 unspecified atom stereocenters. The highest BCUT2D eigenvalue weighted by atomic mass is 16.7. The Morgan fingerprint density at radius 1 is 0.594 bits per heavy atom. The van der Waals surface area contributed by atoms with Gasteiger partial charge in [0.25, 0.3) is 0 Å². The standard InChI is InChI=1S/C26H39NO8.C20H31NO8/c1-5-22-18(2)23(33-19(3)28)24(34-20(4)29)25(35-22)31-16-12-7-6-11-15-27-26(30)32-17-21-13-9-8-10-14-21;22-12-15-16(23)17(24)18(25)19(29-15)27-11-7-2-1-6-10-21-20(26)28-13-14-8-4-3-5-9-14/h8-10,13-14,18,22-25H,5-7,11-12,15-17H2,1-4H3,(H,27,30);3-5,8-9,15-19,22-25H,1-2,6-7,10-13H2,(H,21,26). The van der Waals surface area contributed by atoms with E-state index in [4.69, 9.17) is 43.0 Å². The third kappa shape index (κ3) is 20.2. The summed E-state index contributed by atoms with van der Waals surface area (Å²) in [6.07, 6.45) is -2.23. The van der Waals surface area contributed by atoms with Crippen molar-refractivity contribution in [2.45, 2.75) is 154 Å². The first-order valence-electron chi connectivity index (χ1n) is 22.3. The van der Waals surface area contributed by atoms with Crippen molar-refractivity contribution in [2.75, 3.05) is 32.9 Å². The van der Waals surface area contributed by atoms with Crippen molar-refractivity contribution in [3.05, 3.63) is 71.8 Å². The molecule has 2 aliphatic heterocycles. The van der Waals surface area contributed by atoms with E-state index in [0.29, 0.717) is 39.1 Å². The fourth-order valence-electron chi connectivity index (χ4n) is 7.02. The van der Waals surface area contributed by atoms with E-state index in [1.54, 1.807) is 0 Å². The Morgan fingerprint density at radius 3 is 1.52 bits per heavy atom. The highest BCUT2D eigenvalue weighted by Gasteiger charge is 2.48. The topological polar surface area (TPSA) is 247 Å². The van der Waals surface area contributed by atoms with Crippen molar-refractivity contribution in [1.82, 2.24) is 10.6 Å². The summed E-state index contributed by atoms with van der Waals surface area (Å²) in [6, 6.07) is 19.0. The molecular formula is C46H70N2O16. The number of aliphatic hydroxyl groups is 4. The molecule has 2 heterocycles. The number of aliphatic hydroxyl groups excluding tert-OH is 4. The molecule has 2 amide bonds. The number of ether oxygens (including phenoxy) is 8. The molecule has 2 fully saturated rings. The SMILES string of the molecule is CCC1OC(OCCCCCCNC(=O)OCc2ccccc2)C(OC(C)=O)C(OC(C)=O)C1C.O=C(NCCCCCCOC1OC(CO)C(O)C(O)C1O)OCc1ccccc1. The molecule has 2 aromatic carbocycles. The molecule has 2 aliphatic rings. The fourth-order valence-corrected chi connectivity index (χ4v) is 7.02. The van der Waals surface area contributed by atoms with Gasteiger partial charge in [-0.05, 0) is 43.2 Å². The molecule has 0 spiro atoms. The van der Waals surface area contributed by atoms with E-state index in [1.807, 2.05) is 74.5 Å². The third-order valence-electron chi connectivity index (χ3n) is 10.5. The number of hydrogen-bond donors (Lipinski definition) is 6. The second-order valence-corrected chi connectivity index (χ2v) is 15.7. The van der Waals surface area contributed by atoms with E-state index in [2.05, 4.69) is 10.6 Å². The van der Waals surface area contributed by atoms with Crippen LogP contribution in [0.15, 0.2) is 60.7 Å². The fraction of sp³-hybridized carbons (Fsp3) is 0.652. The zero-order valence-electron chi connectivity index (χ0n) is 37.5. The van der Waals surface area contributed by atoms with Crippen LogP contribution in [-0.4, -0.2) is 133 Å². The largest absolute Gasteiger partial charge is 0.458 e. The quantitative estimate of drug-likeness (QED) is 0.0485. The lowest BCUT2D eigenvalue weighted by molar-refractivity contribution is -0.301. The van der Waals surface area contributed by atoms with Crippen LogP contribution in [0.5, 0.6) is 0 Å². The molecule has 18 nitrogen and oxygen atoms in total. The maximum absolute atomic E-state index is 11.8. The molecule has 6 N–H and O–H groups in total. The lowest BCUT2D eigenvalue weighted by Gasteiger charge is -2.43. The maximum Gasteiger partial charge on any atom is 0.407 e. The summed E-state index contributed by atoms with van der Waals surface area (Å²) in [5, 5.41) is 43.9. The van der Waals surface area contributed by atoms with Gasteiger partial charge in [-0.2, -0.15) is 0 Å². The van der Waals surface area contributed by atoms with Crippen molar-refractivity contribution in [3.8, 4) is 0 Å². The van der Waals surface area contributed by atoms with Gasteiger partial charge in [-0.25, -0.2) is 9.59 Å². The normalized spacial score (nSPS) is 25.2. The Kier molecular flexibility index (Phi) is 25.9. The van der Waals surface area contributed by atoms with Crippen molar-refractivity contribution in [3.63, 3.8) is 0 Å². The minimum Gasteiger partial charge on any atom is -0.458 e. The van der Waals surface area contributed by atoms with E-state index >= 15 is 0 Å². The predicted octanol–water partition coefficient (Wildman–Crippen LogP) is 4.41. The summed E-state index contributed by atoms with van der Waals surface area (Å²) < 4.78 is 43.9. The Balaban J connectivity index is 0.000000346. The van der Waals surface area contributed by atoms with Gasteiger partial charge in [-0.1, -0.05) is 100 Å².